The van der Waals surface area contributed by atoms with Gasteiger partial charge in [-0.25, -0.2) is 4.98 Å². The maximum absolute atomic E-state index is 11.2. The van der Waals surface area contributed by atoms with Gasteiger partial charge in [-0.3, -0.25) is 4.79 Å². The summed E-state index contributed by atoms with van der Waals surface area (Å²) >= 11 is 1.59. The van der Waals surface area contributed by atoms with E-state index in [2.05, 4.69) is 10.3 Å². The highest BCUT2D eigenvalue weighted by Crippen LogP contribution is 2.30. The van der Waals surface area contributed by atoms with Gasteiger partial charge in [-0.05, 0) is 24.1 Å². The van der Waals surface area contributed by atoms with E-state index in [9.17, 15) is 4.79 Å². The molecule has 2 aromatic rings. The van der Waals surface area contributed by atoms with Crippen molar-refractivity contribution in [1.82, 2.24) is 4.98 Å². The molecule has 4 nitrogen and oxygen atoms in total. The first-order valence-electron chi connectivity index (χ1n) is 5.63. The van der Waals surface area contributed by atoms with Crippen molar-refractivity contribution >= 4 is 22.9 Å². The highest BCUT2D eigenvalue weighted by atomic mass is 32.1. The zero-order valence-electron chi connectivity index (χ0n) is 10.4. The fraction of sp³-hybridized carbons (Fsp3) is 0.231. The number of anilines is 1. The normalized spacial score (nSPS) is 10.4. The molecule has 0 aliphatic carbocycles. The Bertz CT molecular complexity index is 577. The minimum atomic E-state index is -0.0946. The quantitative estimate of drug-likeness (QED) is 0.892. The minimum absolute atomic E-state index is 0.0946. The molecule has 0 atom stereocenters. The number of amides is 1. The van der Waals surface area contributed by atoms with Gasteiger partial charge in [0.15, 0.2) is 0 Å². The lowest BCUT2D eigenvalue weighted by Crippen LogP contribution is -2.10. The molecule has 0 saturated carbocycles. The smallest absolute Gasteiger partial charge is 0.221 e. The number of nitrogens with two attached hydrogens (primary N) is 1. The first-order valence-corrected chi connectivity index (χ1v) is 6.51. The molecule has 0 aliphatic rings. The van der Waals surface area contributed by atoms with Crippen molar-refractivity contribution in [3.8, 4) is 10.4 Å². The van der Waals surface area contributed by atoms with Crippen LogP contribution in [0.5, 0.6) is 0 Å². The van der Waals surface area contributed by atoms with Crippen LogP contribution in [0.25, 0.3) is 10.4 Å². The van der Waals surface area contributed by atoms with Crippen molar-refractivity contribution in [1.29, 1.82) is 0 Å². The van der Waals surface area contributed by atoms with E-state index >= 15 is 0 Å². The fourth-order valence-electron chi connectivity index (χ4n) is 1.78. The van der Waals surface area contributed by atoms with Gasteiger partial charge in [-0.1, -0.05) is 12.1 Å². The SMILES string of the molecule is CC(=O)Nc1cc(-c2scnc2C)ccc1CN. The monoisotopic (exact) mass is 261 g/mol. The van der Waals surface area contributed by atoms with Crippen molar-refractivity contribution < 1.29 is 4.79 Å². The molecule has 94 valence electrons. The highest BCUT2D eigenvalue weighted by molar-refractivity contribution is 7.13. The van der Waals surface area contributed by atoms with Gasteiger partial charge in [0.1, 0.15) is 0 Å². The van der Waals surface area contributed by atoms with Crippen LogP contribution in [0.15, 0.2) is 23.7 Å². The molecule has 1 amide bonds. The Hall–Kier alpha value is -1.72. The molecule has 1 heterocycles. The predicted molar refractivity (Wildman–Crippen MR) is 74.5 cm³/mol. The average Bonchev–Trinajstić information content (AvgIpc) is 2.74. The van der Waals surface area contributed by atoms with Gasteiger partial charge < -0.3 is 11.1 Å². The molecule has 1 aromatic heterocycles. The maximum Gasteiger partial charge on any atom is 0.221 e. The van der Waals surface area contributed by atoms with Crippen LogP contribution in [0.4, 0.5) is 5.69 Å². The Morgan fingerprint density at radius 2 is 2.28 bits per heavy atom. The molecule has 1 aromatic carbocycles. The maximum atomic E-state index is 11.2. The van der Waals surface area contributed by atoms with Crippen LogP contribution in [0.2, 0.25) is 0 Å². The summed E-state index contributed by atoms with van der Waals surface area (Å²) in [6.45, 7) is 3.86. The van der Waals surface area contributed by atoms with Crippen molar-refractivity contribution in [3.05, 3.63) is 35.0 Å². The first kappa shape index (κ1) is 12.7. The Balaban J connectivity index is 2.45. The number of nitrogens with one attached hydrogen (secondary N) is 1. The van der Waals surface area contributed by atoms with E-state index in [1.165, 1.54) is 6.92 Å². The Morgan fingerprint density at radius 1 is 1.50 bits per heavy atom. The number of rotatable bonds is 3. The van der Waals surface area contributed by atoms with Crippen molar-refractivity contribution in [2.45, 2.75) is 20.4 Å². The third kappa shape index (κ3) is 2.57. The van der Waals surface area contributed by atoms with Crippen LogP contribution in [-0.2, 0) is 11.3 Å². The van der Waals surface area contributed by atoms with Crippen LogP contribution >= 0.6 is 11.3 Å². The third-order valence-electron chi connectivity index (χ3n) is 2.65. The van der Waals surface area contributed by atoms with Crippen molar-refractivity contribution in [2.24, 2.45) is 5.73 Å². The second-order valence-electron chi connectivity index (χ2n) is 4.02. The molecular weight excluding hydrogens is 246 g/mol. The molecule has 3 N–H and O–H groups in total. The summed E-state index contributed by atoms with van der Waals surface area (Å²) in [5.41, 5.74) is 11.2. The number of aryl methyl sites for hydroxylation is 1. The standard InChI is InChI=1S/C13H15N3OS/c1-8-13(18-7-15-8)10-3-4-11(6-14)12(5-10)16-9(2)17/h3-5,7H,6,14H2,1-2H3,(H,16,17). The lowest BCUT2D eigenvalue weighted by Gasteiger charge is -2.10. The molecule has 0 unspecified atom stereocenters. The van der Waals surface area contributed by atoms with E-state index in [1.807, 2.05) is 30.6 Å². The topological polar surface area (TPSA) is 68.0 Å². The molecular formula is C13H15N3OS. The molecule has 2 rings (SSSR count). The number of aromatic nitrogens is 1. The lowest BCUT2D eigenvalue weighted by molar-refractivity contribution is -0.114. The number of nitrogens with zero attached hydrogens (tertiary/aromatic N) is 1. The summed E-state index contributed by atoms with van der Waals surface area (Å²) in [5.74, 6) is -0.0946. The van der Waals surface area contributed by atoms with Crippen LogP contribution in [0.1, 0.15) is 18.2 Å². The molecule has 5 heteroatoms. The minimum Gasteiger partial charge on any atom is -0.326 e. The number of benzene rings is 1. The fourth-order valence-corrected chi connectivity index (χ4v) is 2.58. The molecule has 0 spiro atoms. The number of hydrogen-bond donors (Lipinski definition) is 2. The number of thiazole rings is 1. The predicted octanol–water partition coefficient (Wildman–Crippen LogP) is 2.54. The molecule has 0 bridgehead atoms. The van der Waals surface area contributed by atoms with E-state index in [4.69, 9.17) is 5.73 Å². The highest BCUT2D eigenvalue weighted by Gasteiger charge is 2.09. The van der Waals surface area contributed by atoms with Gasteiger partial charge in [0, 0.05) is 19.2 Å². The summed E-state index contributed by atoms with van der Waals surface area (Å²) in [5, 5.41) is 2.81. The van der Waals surface area contributed by atoms with Crippen LogP contribution in [0.3, 0.4) is 0 Å². The Labute approximate surface area is 110 Å². The first-order chi connectivity index (χ1) is 8.61. The van der Waals surface area contributed by atoms with Crippen LogP contribution in [0, 0.1) is 6.92 Å². The molecule has 0 aliphatic heterocycles. The van der Waals surface area contributed by atoms with Crippen molar-refractivity contribution in [3.63, 3.8) is 0 Å². The van der Waals surface area contributed by atoms with E-state index in [1.54, 1.807) is 11.3 Å². The van der Waals surface area contributed by atoms with Crippen LogP contribution < -0.4 is 11.1 Å². The van der Waals surface area contributed by atoms with Gasteiger partial charge in [0.2, 0.25) is 5.91 Å². The van der Waals surface area contributed by atoms with Gasteiger partial charge in [0.25, 0.3) is 0 Å². The van der Waals surface area contributed by atoms with Gasteiger partial charge >= 0.3 is 0 Å². The van der Waals surface area contributed by atoms with Gasteiger partial charge in [-0.15, -0.1) is 11.3 Å². The van der Waals surface area contributed by atoms with E-state index in [0.717, 1.165) is 27.4 Å². The third-order valence-corrected chi connectivity index (χ3v) is 3.63. The van der Waals surface area contributed by atoms with Crippen molar-refractivity contribution in [2.75, 3.05) is 5.32 Å². The van der Waals surface area contributed by atoms with Gasteiger partial charge in [-0.2, -0.15) is 0 Å². The van der Waals surface area contributed by atoms with E-state index in [-0.39, 0.29) is 5.91 Å². The lowest BCUT2D eigenvalue weighted by atomic mass is 10.1. The second-order valence-corrected chi connectivity index (χ2v) is 4.88. The zero-order valence-corrected chi connectivity index (χ0v) is 11.2. The van der Waals surface area contributed by atoms with E-state index in [0.29, 0.717) is 6.54 Å². The summed E-state index contributed by atoms with van der Waals surface area (Å²) in [6.07, 6.45) is 0. The summed E-state index contributed by atoms with van der Waals surface area (Å²) in [6, 6.07) is 5.90. The van der Waals surface area contributed by atoms with Crippen LogP contribution in [-0.4, -0.2) is 10.9 Å². The van der Waals surface area contributed by atoms with E-state index < -0.39 is 0 Å². The Morgan fingerprint density at radius 3 is 2.83 bits per heavy atom. The molecule has 0 saturated heterocycles. The second kappa shape index (κ2) is 5.29. The number of carbonyl (C=O) groups is 1. The molecule has 18 heavy (non-hydrogen) atoms. The number of hydrogen-bond acceptors (Lipinski definition) is 4. The molecule has 0 fully saturated rings. The average molecular weight is 261 g/mol. The Kier molecular flexibility index (Phi) is 3.74. The number of carbonyl (C=O) groups excluding carboxylic acids is 1. The summed E-state index contributed by atoms with van der Waals surface area (Å²) in [4.78, 5) is 16.5. The summed E-state index contributed by atoms with van der Waals surface area (Å²) < 4.78 is 0. The zero-order chi connectivity index (χ0) is 13.1. The summed E-state index contributed by atoms with van der Waals surface area (Å²) in [7, 11) is 0. The molecule has 0 radical (unpaired) electrons. The largest absolute Gasteiger partial charge is 0.326 e. The van der Waals surface area contributed by atoms with Gasteiger partial charge in [0.05, 0.1) is 16.1 Å².